The molecule has 0 aliphatic carbocycles. The lowest BCUT2D eigenvalue weighted by atomic mass is 9.88. The second kappa shape index (κ2) is 9.02. The first-order valence-corrected chi connectivity index (χ1v) is 10.8. The number of carbonyl (C=O) groups excluding carboxylic acids is 1. The SMILES string of the molecule is COc1ccc2[nH]cc(C3CCN(C(C)C(=O)Nc4cc(C)ccc4OC)CC3)c2c1. The molecule has 1 fully saturated rings. The Hall–Kier alpha value is -2.99. The summed E-state index contributed by atoms with van der Waals surface area (Å²) in [6.07, 6.45) is 4.18. The Morgan fingerprint density at radius 2 is 1.90 bits per heavy atom. The fourth-order valence-corrected chi connectivity index (χ4v) is 4.51. The molecule has 1 saturated heterocycles. The fraction of sp³-hybridized carbons (Fsp3) is 0.400. The molecule has 2 heterocycles. The summed E-state index contributed by atoms with van der Waals surface area (Å²) in [6.45, 7) is 5.76. The maximum atomic E-state index is 12.9. The largest absolute Gasteiger partial charge is 0.497 e. The molecule has 0 saturated carbocycles. The van der Waals surface area contributed by atoms with Crippen LogP contribution in [0.3, 0.4) is 0 Å². The number of amides is 1. The van der Waals surface area contributed by atoms with Gasteiger partial charge in [-0.05, 0) is 87.2 Å². The van der Waals surface area contributed by atoms with Crippen molar-refractivity contribution in [3.63, 3.8) is 0 Å². The quantitative estimate of drug-likeness (QED) is 0.605. The number of aromatic nitrogens is 1. The van der Waals surface area contributed by atoms with E-state index in [0.29, 0.717) is 11.7 Å². The smallest absolute Gasteiger partial charge is 0.241 e. The lowest BCUT2D eigenvalue weighted by Crippen LogP contribution is -2.45. The molecule has 1 amide bonds. The summed E-state index contributed by atoms with van der Waals surface area (Å²) < 4.78 is 10.8. The Labute approximate surface area is 183 Å². The van der Waals surface area contributed by atoms with Crippen molar-refractivity contribution in [2.75, 3.05) is 32.6 Å². The topological polar surface area (TPSA) is 66.6 Å². The predicted molar refractivity (Wildman–Crippen MR) is 124 cm³/mol. The minimum atomic E-state index is -0.200. The zero-order chi connectivity index (χ0) is 22.0. The number of hydrogen-bond donors (Lipinski definition) is 2. The number of benzene rings is 2. The number of nitrogens with zero attached hydrogens (tertiary/aromatic N) is 1. The van der Waals surface area contributed by atoms with Crippen molar-refractivity contribution in [3.05, 3.63) is 53.7 Å². The first-order chi connectivity index (χ1) is 15.0. The average Bonchev–Trinajstić information content (AvgIpc) is 3.22. The van der Waals surface area contributed by atoms with E-state index in [-0.39, 0.29) is 11.9 Å². The van der Waals surface area contributed by atoms with Gasteiger partial charge < -0.3 is 19.8 Å². The number of carbonyl (C=O) groups is 1. The van der Waals surface area contributed by atoms with E-state index in [1.807, 2.05) is 38.1 Å². The maximum Gasteiger partial charge on any atom is 0.241 e. The molecule has 1 atom stereocenters. The third kappa shape index (κ3) is 4.39. The molecule has 1 unspecified atom stereocenters. The fourth-order valence-electron chi connectivity index (χ4n) is 4.51. The summed E-state index contributed by atoms with van der Waals surface area (Å²) in [4.78, 5) is 18.6. The van der Waals surface area contributed by atoms with E-state index in [1.165, 1.54) is 10.9 Å². The summed E-state index contributed by atoms with van der Waals surface area (Å²) in [5.41, 5.74) is 4.29. The summed E-state index contributed by atoms with van der Waals surface area (Å²) in [5, 5.41) is 4.28. The first-order valence-electron chi connectivity index (χ1n) is 10.8. The molecule has 1 aliphatic heterocycles. The Bertz CT molecular complexity index is 1070. The monoisotopic (exact) mass is 421 g/mol. The first kappa shape index (κ1) is 21.2. The van der Waals surface area contributed by atoms with Crippen LogP contribution < -0.4 is 14.8 Å². The summed E-state index contributed by atoms with van der Waals surface area (Å²) >= 11 is 0. The van der Waals surface area contributed by atoms with Gasteiger partial charge in [0.05, 0.1) is 25.9 Å². The number of rotatable bonds is 6. The van der Waals surface area contributed by atoms with Crippen molar-refractivity contribution >= 4 is 22.5 Å². The van der Waals surface area contributed by atoms with Crippen LogP contribution in [0.2, 0.25) is 0 Å². The van der Waals surface area contributed by atoms with E-state index >= 15 is 0 Å². The molecule has 0 bridgehead atoms. The minimum Gasteiger partial charge on any atom is -0.497 e. The van der Waals surface area contributed by atoms with Gasteiger partial charge in [0.15, 0.2) is 0 Å². The Kier molecular flexibility index (Phi) is 6.18. The van der Waals surface area contributed by atoms with Gasteiger partial charge in [-0.25, -0.2) is 0 Å². The lowest BCUT2D eigenvalue weighted by molar-refractivity contribution is -0.121. The average molecular weight is 422 g/mol. The van der Waals surface area contributed by atoms with Gasteiger partial charge >= 0.3 is 0 Å². The van der Waals surface area contributed by atoms with Crippen molar-refractivity contribution in [1.29, 1.82) is 0 Å². The summed E-state index contributed by atoms with van der Waals surface area (Å²) in [7, 11) is 3.32. The number of aromatic amines is 1. The minimum absolute atomic E-state index is 0.000759. The van der Waals surface area contributed by atoms with Crippen molar-refractivity contribution in [1.82, 2.24) is 9.88 Å². The van der Waals surface area contributed by atoms with Crippen LogP contribution in [0, 0.1) is 6.92 Å². The Balaban J connectivity index is 1.41. The van der Waals surface area contributed by atoms with E-state index < -0.39 is 0 Å². The molecule has 1 aromatic heterocycles. The molecular formula is C25H31N3O3. The number of ether oxygens (including phenoxy) is 2. The molecular weight excluding hydrogens is 390 g/mol. The maximum absolute atomic E-state index is 12.9. The van der Waals surface area contributed by atoms with Crippen LogP contribution >= 0.6 is 0 Å². The predicted octanol–water partition coefficient (Wildman–Crippen LogP) is 4.70. The second-order valence-corrected chi connectivity index (χ2v) is 8.33. The molecule has 3 aromatic rings. The highest BCUT2D eigenvalue weighted by molar-refractivity contribution is 5.96. The van der Waals surface area contributed by atoms with Crippen LogP contribution in [0.4, 0.5) is 5.69 Å². The molecule has 1 aliphatic rings. The zero-order valence-electron chi connectivity index (χ0n) is 18.7. The number of hydrogen-bond acceptors (Lipinski definition) is 4. The second-order valence-electron chi connectivity index (χ2n) is 8.33. The molecule has 2 aromatic carbocycles. The van der Waals surface area contributed by atoms with Crippen LogP contribution in [0.15, 0.2) is 42.6 Å². The highest BCUT2D eigenvalue weighted by Gasteiger charge is 2.28. The van der Waals surface area contributed by atoms with Crippen LogP contribution in [0.5, 0.6) is 11.5 Å². The van der Waals surface area contributed by atoms with Gasteiger partial charge in [0.25, 0.3) is 0 Å². The molecule has 0 radical (unpaired) electrons. The van der Waals surface area contributed by atoms with Crippen molar-refractivity contribution in [2.24, 2.45) is 0 Å². The number of H-pyrrole nitrogens is 1. The van der Waals surface area contributed by atoms with Crippen LogP contribution in [0.1, 0.15) is 36.8 Å². The van der Waals surface area contributed by atoms with Gasteiger partial charge in [0.1, 0.15) is 11.5 Å². The Morgan fingerprint density at radius 1 is 1.13 bits per heavy atom. The molecule has 31 heavy (non-hydrogen) atoms. The van der Waals surface area contributed by atoms with Gasteiger partial charge in [0, 0.05) is 17.1 Å². The number of piperidine rings is 1. The number of fused-ring (bicyclic) bond motifs is 1. The van der Waals surface area contributed by atoms with Crippen LogP contribution in [-0.2, 0) is 4.79 Å². The highest BCUT2D eigenvalue weighted by Crippen LogP contribution is 2.35. The summed E-state index contributed by atoms with van der Waals surface area (Å²) in [6, 6.07) is 11.8. The van der Waals surface area contributed by atoms with Crippen LogP contribution in [0.25, 0.3) is 10.9 Å². The van der Waals surface area contributed by atoms with Gasteiger partial charge in [-0.3, -0.25) is 9.69 Å². The van der Waals surface area contributed by atoms with Gasteiger partial charge in [-0.1, -0.05) is 6.07 Å². The van der Waals surface area contributed by atoms with Crippen molar-refractivity contribution < 1.29 is 14.3 Å². The van der Waals surface area contributed by atoms with Gasteiger partial charge in [0.2, 0.25) is 5.91 Å². The lowest BCUT2D eigenvalue weighted by Gasteiger charge is -2.35. The van der Waals surface area contributed by atoms with Gasteiger partial charge in [-0.2, -0.15) is 0 Å². The molecule has 6 nitrogen and oxygen atoms in total. The number of nitrogens with one attached hydrogen (secondary N) is 2. The van der Waals surface area contributed by atoms with Crippen LogP contribution in [-0.4, -0.2) is 49.1 Å². The van der Waals surface area contributed by atoms with E-state index in [9.17, 15) is 4.79 Å². The van der Waals surface area contributed by atoms with E-state index in [0.717, 1.165) is 48.4 Å². The standard InChI is InChI=1S/C25H31N3O3/c1-16-5-8-24(31-4)23(13-16)27-25(29)17(2)28-11-9-18(10-12-28)21-15-26-22-7-6-19(30-3)14-20(21)22/h5-8,13-15,17-18,26H,9-12H2,1-4H3,(H,27,29). The third-order valence-electron chi connectivity index (χ3n) is 6.43. The molecule has 6 heteroatoms. The van der Waals surface area contributed by atoms with Crippen molar-refractivity contribution in [3.8, 4) is 11.5 Å². The van der Waals surface area contributed by atoms with E-state index in [2.05, 4.69) is 33.5 Å². The number of anilines is 1. The normalized spacial score (nSPS) is 16.3. The number of likely N-dealkylation sites (tertiary alicyclic amines) is 1. The molecule has 0 spiro atoms. The van der Waals surface area contributed by atoms with Crippen molar-refractivity contribution in [2.45, 2.75) is 38.6 Å². The van der Waals surface area contributed by atoms with E-state index in [1.54, 1.807) is 14.2 Å². The third-order valence-corrected chi connectivity index (χ3v) is 6.43. The number of methoxy groups -OCH3 is 2. The molecule has 4 rings (SSSR count). The highest BCUT2D eigenvalue weighted by atomic mass is 16.5. The molecule has 164 valence electrons. The van der Waals surface area contributed by atoms with E-state index in [4.69, 9.17) is 9.47 Å². The number of aryl methyl sites for hydroxylation is 1. The Morgan fingerprint density at radius 3 is 2.61 bits per heavy atom. The van der Waals surface area contributed by atoms with Gasteiger partial charge in [-0.15, -0.1) is 0 Å². The summed E-state index contributed by atoms with van der Waals surface area (Å²) in [5.74, 6) is 2.03. The zero-order valence-corrected chi connectivity index (χ0v) is 18.7. The molecule has 2 N–H and O–H groups in total.